The number of phenols is 1. The molecule has 1 unspecified atom stereocenters. The van der Waals surface area contributed by atoms with Crippen LogP contribution in [-0.2, 0) is 21.2 Å². The molecule has 132 valence electrons. The number of phenolic OH excluding ortho intramolecular Hbond substituents is 1. The Labute approximate surface area is 147 Å². The molecule has 1 heterocycles. The van der Waals surface area contributed by atoms with Crippen LogP contribution in [0.5, 0.6) is 5.75 Å². The summed E-state index contributed by atoms with van der Waals surface area (Å²) in [6.07, 6.45) is 0.299. The van der Waals surface area contributed by atoms with Crippen molar-refractivity contribution in [1.82, 2.24) is 0 Å². The zero-order valence-corrected chi connectivity index (χ0v) is 14.9. The molecule has 1 aliphatic heterocycles. The highest BCUT2D eigenvalue weighted by atomic mass is 32.2. The molecule has 2 aromatic carbocycles. The smallest absolute Gasteiger partial charge is 0.248 e. The number of carbonyl (C=O) groups is 1. The van der Waals surface area contributed by atoms with Crippen molar-refractivity contribution in [2.45, 2.75) is 26.3 Å². The van der Waals surface area contributed by atoms with E-state index in [0.29, 0.717) is 12.1 Å². The molecule has 25 heavy (non-hydrogen) atoms. The fraction of sp³-hybridized carbons (Fsp3) is 0.278. The molecule has 1 atom stereocenters. The van der Waals surface area contributed by atoms with Crippen molar-refractivity contribution in [3.63, 3.8) is 0 Å². The largest absolute Gasteiger partial charge is 0.506 e. The number of nitrogens with zero attached hydrogens (tertiary/aromatic N) is 1. The Hall–Kier alpha value is -2.54. The number of hydrogen-bond donors (Lipinski definition) is 2. The second kappa shape index (κ2) is 6.40. The van der Waals surface area contributed by atoms with Crippen LogP contribution in [0.15, 0.2) is 42.5 Å². The summed E-state index contributed by atoms with van der Waals surface area (Å²) in [7, 11) is -3.61. The standard InChI is InChI=1S/C18H20N2O4S/c1-3-25(23,24)20-15-7-5-4-6-13(15)11-16(20)18(22)19-14-10-12(2)8-9-17(14)21/h4-10,16,21H,3,11H2,1-2H3,(H,19,22). The molecular formula is C18H20N2O4S. The Morgan fingerprint density at radius 3 is 2.72 bits per heavy atom. The number of aryl methyl sites for hydroxylation is 1. The first-order valence-electron chi connectivity index (χ1n) is 8.04. The third-order valence-corrected chi connectivity index (χ3v) is 6.08. The lowest BCUT2D eigenvalue weighted by molar-refractivity contribution is -0.117. The average Bonchev–Trinajstić information content (AvgIpc) is 2.98. The van der Waals surface area contributed by atoms with Gasteiger partial charge in [0.25, 0.3) is 0 Å². The summed E-state index contributed by atoms with van der Waals surface area (Å²) in [6.45, 7) is 3.39. The summed E-state index contributed by atoms with van der Waals surface area (Å²) in [5.74, 6) is -0.616. The van der Waals surface area contributed by atoms with Crippen molar-refractivity contribution in [3.8, 4) is 5.75 Å². The first kappa shape index (κ1) is 17.3. The molecule has 2 aromatic rings. The van der Waals surface area contributed by atoms with Crippen LogP contribution in [0.25, 0.3) is 0 Å². The molecule has 0 aliphatic carbocycles. The van der Waals surface area contributed by atoms with Gasteiger partial charge in [0.05, 0.1) is 17.1 Å². The lowest BCUT2D eigenvalue weighted by Crippen LogP contribution is -2.46. The highest BCUT2D eigenvalue weighted by molar-refractivity contribution is 7.92. The van der Waals surface area contributed by atoms with Crippen molar-refractivity contribution in [3.05, 3.63) is 53.6 Å². The number of fused-ring (bicyclic) bond motifs is 1. The fourth-order valence-corrected chi connectivity index (χ4v) is 4.32. The van der Waals surface area contributed by atoms with Gasteiger partial charge in [0, 0.05) is 6.42 Å². The molecule has 7 heteroatoms. The Morgan fingerprint density at radius 2 is 2.00 bits per heavy atom. The second-order valence-electron chi connectivity index (χ2n) is 6.05. The van der Waals surface area contributed by atoms with Gasteiger partial charge in [0.1, 0.15) is 11.8 Å². The number of rotatable bonds is 4. The van der Waals surface area contributed by atoms with E-state index < -0.39 is 22.0 Å². The Kier molecular flexibility index (Phi) is 4.43. The van der Waals surface area contributed by atoms with Crippen LogP contribution < -0.4 is 9.62 Å². The molecule has 0 radical (unpaired) electrons. The summed E-state index contributed by atoms with van der Waals surface area (Å²) in [4.78, 5) is 12.8. The van der Waals surface area contributed by atoms with Crippen molar-refractivity contribution in [2.24, 2.45) is 0 Å². The van der Waals surface area contributed by atoms with Gasteiger partial charge in [-0.2, -0.15) is 0 Å². The van der Waals surface area contributed by atoms with Crippen molar-refractivity contribution in [2.75, 3.05) is 15.4 Å². The minimum absolute atomic E-state index is 0.0561. The van der Waals surface area contributed by atoms with Gasteiger partial charge in [-0.15, -0.1) is 0 Å². The zero-order chi connectivity index (χ0) is 18.2. The van der Waals surface area contributed by atoms with Gasteiger partial charge in [0.15, 0.2) is 0 Å². The number of aromatic hydroxyl groups is 1. The fourth-order valence-electron chi connectivity index (χ4n) is 3.01. The van der Waals surface area contributed by atoms with Crippen LogP contribution >= 0.6 is 0 Å². The maximum Gasteiger partial charge on any atom is 0.248 e. The van der Waals surface area contributed by atoms with Gasteiger partial charge in [-0.1, -0.05) is 24.3 Å². The van der Waals surface area contributed by atoms with Crippen molar-refractivity contribution in [1.29, 1.82) is 0 Å². The van der Waals surface area contributed by atoms with Gasteiger partial charge in [-0.3, -0.25) is 9.10 Å². The van der Waals surface area contributed by atoms with Crippen LogP contribution in [0, 0.1) is 6.92 Å². The van der Waals surface area contributed by atoms with E-state index in [2.05, 4.69) is 5.32 Å². The first-order valence-corrected chi connectivity index (χ1v) is 9.65. The maximum absolute atomic E-state index is 12.8. The van der Waals surface area contributed by atoms with E-state index >= 15 is 0 Å². The molecule has 0 saturated heterocycles. The highest BCUT2D eigenvalue weighted by Crippen LogP contribution is 2.35. The number of nitrogens with one attached hydrogen (secondary N) is 1. The van der Waals surface area contributed by atoms with Crippen LogP contribution in [0.1, 0.15) is 18.1 Å². The number of para-hydroxylation sites is 1. The van der Waals surface area contributed by atoms with E-state index in [4.69, 9.17) is 0 Å². The maximum atomic E-state index is 12.8. The van der Waals surface area contributed by atoms with Gasteiger partial charge < -0.3 is 10.4 Å². The zero-order valence-electron chi connectivity index (χ0n) is 14.1. The summed E-state index contributed by atoms with van der Waals surface area (Å²) in [5.41, 5.74) is 2.50. The molecule has 0 aromatic heterocycles. The molecular weight excluding hydrogens is 340 g/mol. The predicted molar refractivity (Wildman–Crippen MR) is 97.3 cm³/mol. The van der Waals surface area contributed by atoms with Crippen LogP contribution in [0.3, 0.4) is 0 Å². The van der Waals surface area contributed by atoms with E-state index in [-0.39, 0.29) is 17.2 Å². The molecule has 1 amide bonds. The quantitative estimate of drug-likeness (QED) is 0.820. The second-order valence-corrected chi connectivity index (χ2v) is 8.19. The van der Waals surface area contributed by atoms with Crippen molar-refractivity contribution < 1.29 is 18.3 Å². The van der Waals surface area contributed by atoms with E-state index in [9.17, 15) is 18.3 Å². The first-order chi connectivity index (χ1) is 11.8. The van der Waals surface area contributed by atoms with Crippen molar-refractivity contribution >= 4 is 27.3 Å². The van der Waals surface area contributed by atoms with E-state index in [0.717, 1.165) is 11.1 Å². The SMILES string of the molecule is CCS(=O)(=O)N1c2ccccc2CC1C(=O)Nc1cc(C)ccc1O. The number of carbonyl (C=O) groups excluding carboxylic acids is 1. The molecule has 0 bridgehead atoms. The minimum Gasteiger partial charge on any atom is -0.506 e. The van der Waals surface area contributed by atoms with Crippen LogP contribution in [-0.4, -0.2) is 31.2 Å². The number of sulfonamides is 1. The van der Waals surface area contributed by atoms with Gasteiger partial charge in [0.2, 0.25) is 15.9 Å². The Balaban J connectivity index is 1.95. The van der Waals surface area contributed by atoms with Gasteiger partial charge >= 0.3 is 0 Å². The average molecular weight is 360 g/mol. The molecule has 6 nitrogen and oxygen atoms in total. The highest BCUT2D eigenvalue weighted by Gasteiger charge is 2.40. The van der Waals surface area contributed by atoms with Gasteiger partial charge in [-0.05, 0) is 43.2 Å². The minimum atomic E-state index is -3.61. The third-order valence-electron chi connectivity index (χ3n) is 4.30. The Morgan fingerprint density at radius 1 is 1.28 bits per heavy atom. The monoisotopic (exact) mass is 360 g/mol. The lowest BCUT2D eigenvalue weighted by atomic mass is 10.1. The van der Waals surface area contributed by atoms with Gasteiger partial charge in [-0.25, -0.2) is 8.42 Å². The Bertz CT molecular complexity index is 924. The van der Waals surface area contributed by atoms with Crippen LogP contribution in [0.2, 0.25) is 0 Å². The third kappa shape index (κ3) is 3.19. The molecule has 2 N–H and O–H groups in total. The predicted octanol–water partition coefficient (Wildman–Crippen LogP) is 2.42. The molecule has 0 spiro atoms. The number of amides is 1. The topological polar surface area (TPSA) is 86.7 Å². The number of benzene rings is 2. The molecule has 1 aliphatic rings. The summed E-state index contributed by atoms with van der Waals surface area (Å²) in [5, 5.41) is 12.6. The summed E-state index contributed by atoms with van der Waals surface area (Å²) < 4.78 is 26.3. The number of hydrogen-bond acceptors (Lipinski definition) is 4. The van der Waals surface area contributed by atoms with E-state index in [1.807, 2.05) is 19.1 Å². The summed E-state index contributed by atoms with van der Waals surface area (Å²) in [6, 6.07) is 11.1. The normalized spacial score (nSPS) is 16.6. The summed E-state index contributed by atoms with van der Waals surface area (Å²) >= 11 is 0. The lowest BCUT2D eigenvalue weighted by Gasteiger charge is -2.25. The van der Waals surface area contributed by atoms with E-state index in [1.165, 1.54) is 10.4 Å². The number of anilines is 2. The van der Waals surface area contributed by atoms with Crippen LogP contribution in [0.4, 0.5) is 11.4 Å². The molecule has 3 rings (SSSR count). The molecule has 0 fully saturated rings. The van der Waals surface area contributed by atoms with E-state index in [1.54, 1.807) is 31.2 Å². The molecule has 0 saturated carbocycles.